The molecular weight excluding hydrogens is 300 g/mol. The first-order valence-corrected chi connectivity index (χ1v) is 7.31. The van der Waals surface area contributed by atoms with Crippen LogP contribution < -0.4 is 5.43 Å². The maximum Gasteiger partial charge on any atom is 0.343 e. The van der Waals surface area contributed by atoms with Gasteiger partial charge in [-0.05, 0) is 32.9 Å². The molecule has 0 bridgehead atoms. The molecule has 2 aromatic rings. The van der Waals surface area contributed by atoms with E-state index in [4.69, 9.17) is 9.47 Å². The zero-order valence-corrected chi connectivity index (χ0v) is 13.3. The van der Waals surface area contributed by atoms with Gasteiger partial charge in [0.2, 0.25) is 5.43 Å². The number of hydrogen-bond acceptors (Lipinski definition) is 6. The summed E-state index contributed by atoms with van der Waals surface area (Å²) in [4.78, 5) is 40.5. The fourth-order valence-electron chi connectivity index (χ4n) is 2.18. The number of rotatable bonds is 5. The van der Waals surface area contributed by atoms with Crippen molar-refractivity contribution in [2.75, 3.05) is 13.2 Å². The molecule has 0 atom stereocenters. The van der Waals surface area contributed by atoms with Gasteiger partial charge >= 0.3 is 11.9 Å². The lowest BCUT2D eigenvalue weighted by Gasteiger charge is -2.12. The largest absolute Gasteiger partial charge is 0.465 e. The van der Waals surface area contributed by atoms with Crippen molar-refractivity contribution in [3.8, 4) is 0 Å². The minimum Gasteiger partial charge on any atom is -0.465 e. The highest BCUT2D eigenvalue weighted by atomic mass is 16.5. The Labute approximate surface area is 132 Å². The van der Waals surface area contributed by atoms with E-state index in [1.165, 1.54) is 10.8 Å². The van der Waals surface area contributed by atoms with Crippen LogP contribution in [0.25, 0.3) is 11.0 Å². The standard InChI is InChI=1S/C16H18N2O5/c1-4-22-13(19)9-18-8-12(16(21)23-5-2)14(20)11-7-6-10(3)17-15(11)18/h6-8H,4-5,9H2,1-3H3. The topological polar surface area (TPSA) is 87.5 Å². The maximum absolute atomic E-state index is 12.4. The number of hydrogen-bond donors (Lipinski definition) is 0. The Morgan fingerprint density at radius 3 is 2.52 bits per heavy atom. The lowest BCUT2D eigenvalue weighted by molar-refractivity contribution is -0.143. The molecule has 0 fully saturated rings. The van der Waals surface area contributed by atoms with Gasteiger partial charge in [0, 0.05) is 11.9 Å². The van der Waals surface area contributed by atoms with Gasteiger partial charge in [-0.25, -0.2) is 9.78 Å². The Morgan fingerprint density at radius 2 is 1.87 bits per heavy atom. The summed E-state index contributed by atoms with van der Waals surface area (Å²) < 4.78 is 11.3. The van der Waals surface area contributed by atoms with E-state index in [1.54, 1.807) is 32.9 Å². The van der Waals surface area contributed by atoms with Crippen LogP contribution in [0.1, 0.15) is 29.9 Å². The molecule has 2 aromatic heterocycles. The summed E-state index contributed by atoms with van der Waals surface area (Å²) in [5.41, 5.74) is 0.426. The van der Waals surface area contributed by atoms with Gasteiger partial charge in [0.25, 0.3) is 0 Å². The monoisotopic (exact) mass is 318 g/mol. The number of aryl methyl sites for hydroxylation is 1. The van der Waals surface area contributed by atoms with E-state index in [2.05, 4.69) is 4.98 Å². The van der Waals surface area contributed by atoms with Crippen LogP contribution in [0.2, 0.25) is 0 Å². The van der Waals surface area contributed by atoms with Crippen molar-refractivity contribution >= 4 is 23.0 Å². The first kappa shape index (κ1) is 16.7. The zero-order valence-electron chi connectivity index (χ0n) is 13.3. The second-order valence-corrected chi connectivity index (χ2v) is 4.85. The van der Waals surface area contributed by atoms with Crippen molar-refractivity contribution in [1.29, 1.82) is 0 Å². The second-order valence-electron chi connectivity index (χ2n) is 4.85. The van der Waals surface area contributed by atoms with Crippen molar-refractivity contribution in [2.45, 2.75) is 27.3 Å². The predicted octanol–water partition coefficient (Wildman–Crippen LogP) is 1.44. The van der Waals surface area contributed by atoms with E-state index in [-0.39, 0.29) is 30.7 Å². The Kier molecular flexibility index (Phi) is 5.10. The lowest BCUT2D eigenvalue weighted by atomic mass is 10.2. The van der Waals surface area contributed by atoms with Crippen LogP contribution in [-0.4, -0.2) is 34.7 Å². The Hall–Kier alpha value is -2.70. The number of carbonyl (C=O) groups is 2. The van der Waals surface area contributed by atoms with E-state index >= 15 is 0 Å². The zero-order chi connectivity index (χ0) is 17.0. The van der Waals surface area contributed by atoms with Crippen LogP contribution in [-0.2, 0) is 20.8 Å². The summed E-state index contributed by atoms with van der Waals surface area (Å²) in [6.07, 6.45) is 1.30. The fourth-order valence-corrected chi connectivity index (χ4v) is 2.18. The summed E-state index contributed by atoms with van der Waals surface area (Å²) >= 11 is 0. The molecule has 0 aliphatic rings. The minimum absolute atomic E-state index is 0.130. The number of ether oxygens (including phenoxy) is 2. The maximum atomic E-state index is 12.4. The van der Waals surface area contributed by atoms with Crippen LogP contribution in [0.5, 0.6) is 0 Å². The summed E-state index contributed by atoms with van der Waals surface area (Å²) in [6, 6.07) is 3.26. The molecule has 0 amide bonds. The quantitative estimate of drug-likeness (QED) is 0.775. The summed E-state index contributed by atoms with van der Waals surface area (Å²) in [5.74, 6) is -1.20. The molecule has 2 rings (SSSR count). The molecule has 2 heterocycles. The van der Waals surface area contributed by atoms with Crippen LogP contribution >= 0.6 is 0 Å². The Morgan fingerprint density at radius 1 is 1.17 bits per heavy atom. The lowest BCUT2D eigenvalue weighted by Crippen LogP contribution is -2.23. The third-order valence-corrected chi connectivity index (χ3v) is 3.16. The van der Waals surface area contributed by atoms with Crippen molar-refractivity contribution < 1.29 is 19.1 Å². The molecule has 122 valence electrons. The van der Waals surface area contributed by atoms with Gasteiger partial charge in [0.1, 0.15) is 17.8 Å². The molecule has 0 radical (unpaired) electrons. The number of pyridine rings is 2. The molecule has 7 heteroatoms. The van der Waals surface area contributed by atoms with E-state index in [0.29, 0.717) is 11.3 Å². The third kappa shape index (κ3) is 3.56. The number of carbonyl (C=O) groups excluding carboxylic acids is 2. The highest BCUT2D eigenvalue weighted by molar-refractivity contribution is 5.93. The molecule has 0 saturated carbocycles. The highest BCUT2D eigenvalue weighted by Crippen LogP contribution is 2.12. The third-order valence-electron chi connectivity index (χ3n) is 3.16. The molecule has 7 nitrogen and oxygen atoms in total. The van der Waals surface area contributed by atoms with Gasteiger partial charge in [-0.15, -0.1) is 0 Å². The van der Waals surface area contributed by atoms with Crippen molar-refractivity contribution in [1.82, 2.24) is 9.55 Å². The van der Waals surface area contributed by atoms with Crippen molar-refractivity contribution in [2.24, 2.45) is 0 Å². The van der Waals surface area contributed by atoms with Crippen LogP contribution in [0.4, 0.5) is 0 Å². The summed E-state index contributed by atoms with van der Waals surface area (Å²) in [7, 11) is 0. The Bertz CT molecular complexity index is 810. The smallest absolute Gasteiger partial charge is 0.343 e. The average molecular weight is 318 g/mol. The molecule has 0 spiro atoms. The predicted molar refractivity (Wildman–Crippen MR) is 83.3 cm³/mol. The molecular formula is C16H18N2O5. The van der Waals surface area contributed by atoms with Crippen LogP contribution in [0, 0.1) is 6.92 Å². The normalized spacial score (nSPS) is 10.6. The first-order chi connectivity index (χ1) is 11.0. The van der Waals surface area contributed by atoms with Gasteiger partial charge in [-0.2, -0.15) is 0 Å². The second kappa shape index (κ2) is 7.04. The van der Waals surface area contributed by atoms with Crippen molar-refractivity contribution in [3.05, 3.63) is 39.8 Å². The number of esters is 2. The van der Waals surface area contributed by atoms with Gasteiger partial charge < -0.3 is 14.0 Å². The molecule has 0 saturated heterocycles. The highest BCUT2D eigenvalue weighted by Gasteiger charge is 2.18. The number of nitrogens with zero attached hydrogens (tertiary/aromatic N) is 2. The molecule has 0 N–H and O–H groups in total. The van der Waals surface area contributed by atoms with Gasteiger partial charge in [-0.3, -0.25) is 9.59 Å². The SMILES string of the molecule is CCOC(=O)Cn1cc(C(=O)OCC)c(=O)c2ccc(C)nc21. The molecule has 0 unspecified atom stereocenters. The van der Waals surface area contributed by atoms with Crippen LogP contribution in [0.3, 0.4) is 0 Å². The van der Waals surface area contributed by atoms with Crippen molar-refractivity contribution in [3.63, 3.8) is 0 Å². The number of fused-ring (bicyclic) bond motifs is 1. The minimum atomic E-state index is -0.724. The summed E-state index contributed by atoms with van der Waals surface area (Å²) in [6.45, 7) is 5.38. The molecule has 0 aromatic carbocycles. The first-order valence-electron chi connectivity index (χ1n) is 7.31. The molecule has 0 aliphatic heterocycles. The van der Waals surface area contributed by atoms with Gasteiger partial charge in [0.15, 0.2) is 0 Å². The van der Waals surface area contributed by atoms with E-state index in [1.807, 2.05) is 0 Å². The van der Waals surface area contributed by atoms with Gasteiger partial charge in [0.05, 0.1) is 18.6 Å². The fraction of sp³-hybridized carbons (Fsp3) is 0.375. The van der Waals surface area contributed by atoms with Gasteiger partial charge in [-0.1, -0.05) is 0 Å². The molecule has 23 heavy (non-hydrogen) atoms. The number of aromatic nitrogens is 2. The Balaban J connectivity index is 2.64. The summed E-state index contributed by atoms with van der Waals surface area (Å²) in [5, 5.41) is 0.255. The van der Waals surface area contributed by atoms with E-state index < -0.39 is 17.4 Å². The molecule has 0 aliphatic carbocycles. The van der Waals surface area contributed by atoms with Crippen LogP contribution in [0.15, 0.2) is 23.1 Å². The van der Waals surface area contributed by atoms with E-state index in [9.17, 15) is 14.4 Å². The van der Waals surface area contributed by atoms with E-state index in [0.717, 1.165) is 0 Å². The average Bonchev–Trinajstić information content (AvgIpc) is 2.50.